The number of rotatable bonds is 6. The molecule has 1 aromatic heterocycles. The minimum absolute atomic E-state index is 0.758. The van der Waals surface area contributed by atoms with Crippen molar-refractivity contribution in [2.45, 2.75) is 19.9 Å². The molecule has 96 valence electrons. The van der Waals surface area contributed by atoms with Gasteiger partial charge in [0.15, 0.2) is 0 Å². The van der Waals surface area contributed by atoms with Crippen LogP contribution in [0.5, 0.6) is 5.75 Å². The summed E-state index contributed by atoms with van der Waals surface area (Å²) in [6.07, 6.45) is 2.88. The maximum absolute atomic E-state index is 5.57. The normalized spacial score (nSPS) is 10.6. The van der Waals surface area contributed by atoms with Crippen molar-refractivity contribution in [3.05, 3.63) is 36.0 Å². The highest BCUT2D eigenvalue weighted by molar-refractivity contribution is 5.63. The molecule has 2 aromatic rings. The first-order valence-electron chi connectivity index (χ1n) is 6.25. The molecule has 0 saturated carbocycles. The molecule has 1 aromatic carbocycles. The lowest BCUT2D eigenvalue weighted by molar-refractivity contribution is 0.317. The maximum atomic E-state index is 5.57. The first-order valence-corrected chi connectivity index (χ1v) is 6.25. The van der Waals surface area contributed by atoms with Crippen molar-refractivity contribution in [3.63, 3.8) is 0 Å². The lowest BCUT2D eigenvalue weighted by Crippen LogP contribution is -2.05. The third-order valence-corrected chi connectivity index (χ3v) is 2.70. The van der Waals surface area contributed by atoms with Crippen molar-refractivity contribution in [2.75, 3.05) is 13.7 Å². The van der Waals surface area contributed by atoms with Gasteiger partial charge in [0, 0.05) is 17.7 Å². The second-order valence-corrected chi connectivity index (χ2v) is 4.17. The van der Waals surface area contributed by atoms with Crippen LogP contribution in [0, 0.1) is 0 Å². The van der Waals surface area contributed by atoms with Crippen LogP contribution >= 0.6 is 0 Å². The summed E-state index contributed by atoms with van der Waals surface area (Å²) in [5.74, 6) is 0.912. The summed E-state index contributed by atoms with van der Waals surface area (Å²) in [5, 5.41) is 10.3. The Morgan fingerprint density at radius 2 is 2.06 bits per heavy atom. The zero-order chi connectivity index (χ0) is 12.8. The molecule has 0 aliphatic carbocycles. The molecule has 0 aliphatic heterocycles. The van der Waals surface area contributed by atoms with Crippen molar-refractivity contribution in [2.24, 2.45) is 0 Å². The minimum atomic E-state index is 0.758. The fourth-order valence-electron chi connectivity index (χ4n) is 1.82. The summed E-state index contributed by atoms with van der Waals surface area (Å²) in [4.78, 5) is 0. The van der Waals surface area contributed by atoms with Gasteiger partial charge in [-0.25, -0.2) is 0 Å². The predicted octanol–water partition coefficient (Wildman–Crippen LogP) is 2.58. The number of nitrogens with one attached hydrogen (secondary N) is 2. The Labute approximate surface area is 107 Å². The zero-order valence-corrected chi connectivity index (χ0v) is 10.9. The Hall–Kier alpha value is -1.81. The van der Waals surface area contributed by atoms with Crippen LogP contribution in [-0.2, 0) is 6.54 Å². The van der Waals surface area contributed by atoms with Crippen LogP contribution in [0.4, 0.5) is 0 Å². The molecule has 2 rings (SSSR count). The van der Waals surface area contributed by atoms with E-state index in [4.69, 9.17) is 4.74 Å². The number of hydrogen-bond acceptors (Lipinski definition) is 3. The fraction of sp³-hybridized carbons (Fsp3) is 0.357. The second kappa shape index (κ2) is 6.21. The molecule has 1 heterocycles. The highest BCUT2D eigenvalue weighted by Gasteiger charge is 2.06. The molecule has 0 saturated heterocycles. The molecule has 0 radical (unpaired) electrons. The zero-order valence-electron chi connectivity index (χ0n) is 10.9. The molecule has 0 bridgehead atoms. The largest absolute Gasteiger partial charge is 0.494 e. The summed E-state index contributed by atoms with van der Waals surface area (Å²) >= 11 is 0. The van der Waals surface area contributed by atoms with Crippen molar-refractivity contribution < 1.29 is 4.74 Å². The number of hydrogen-bond donors (Lipinski definition) is 2. The number of aromatic nitrogens is 2. The molecule has 4 heteroatoms. The van der Waals surface area contributed by atoms with E-state index < -0.39 is 0 Å². The van der Waals surface area contributed by atoms with Crippen LogP contribution in [0.2, 0.25) is 0 Å². The van der Waals surface area contributed by atoms with E-state index in [1.54, 1.807) is 0 Å². The quantitative estimate of drug-likeness (QED) is 0.822. The molecule has 0 spiro atoms. The van der Waals surface area contributed by atoms with E-state index in [-0.39, 0.29) is 0 Å². The van der Waals surface area contributed by atoms with Gasteiger partial charge in [-0.15, -0.1) is 0 Å². The number of ether oxygens (including phenoxy) is 1. The number of benzene rings is 1. The Morgan fingerprint density at radius 3 is 2.72 bits per heavy atom. The number of aromatic amines is 1. The van der Waals surface area contributed by atoms with E-state index in [9.17, 15) is 0 Å². The van der Waals surface area contributed by atoms with Gasteiger partial charge < -0.3 is 10.1 Å². The minimum Gasteiger partial charge on any atom is -0.494 e. The summed E-state index contributed by atoms with van der Waals surface area (Å²) in [5.41, 5.74) is 3.35. The predicted molar refractivity (Wildman–Crippen MR) is 72.6 cm³/mol. The smallest absolute Gasteiger partial charge is 0.119 e. The fourth-order valence-corrected chi connectivity index (χ4v) is 1.82. The van der Waals surface area contributed by atoms with Gasteiger partial charge in [-0.05, 0) is 37.7 Å². The van der Waals surface area contributed by atoms with Gasteiger partial charge in [-0.1, -0.05) is 6.92 Å². The van der Waals surface area contributed by atoms with E-state index in [0.717, 1.165) is 36.6 Å². The van der Waals surface area contributed by atoms with Crippen molar-refractivity contribution in [1.82, 2.24) is 15.5 Å². The summed E-state index contributed by atoms with van der Waals surface area (Å²) in [7, 11) is 1.93. The Balaban J connectivity index is 2.15. The van der Waals surface area contributed by atoms with Crippen LogP contribution in [0.15, 0.2) is 30.5 Å². The van der Waals surface area contributed by atoms with E-state index in [1.807, 2.05) is 25.4 Å². The standard InChI is InChI=1S/C14H19N3O/c1-3-8-18-13-6-4-11(5-7-13)14-12(9-15-2)10-16-17-14/h4-7,10,15H,3,8-9H2,1-2H3,(H,16,17). The Bertz CT molecular complexity index is 476. The van der Waals surface area contributed by atoms with Crippen LogP contribution in [-0.4, -0.2) is 23.9 Å². The van der Waals surface area contributed by atoms with Crippen molar-refractivity contribution in [3.8, 4) is 17.0 Å². The molecule has 0 unspecified atom stereocenters. The first kappa shape index (κ1) is 12.6. The van der Waals surface area contributed by atoms with E-state index >= 15 is 0 Å². The maximum Gasteiger partial charge on any atom is 0.119 e. The molecule has 0 amide bonds. The van der Waals surface area contributed by atoms with E-state index in [0.29, 0.717) is 0 Å². The Kier molecular flexibility index (Phi) is 4.36. The average molecular weight is 245 g/mol. The van der Waals surface area contributed by atoms with Crippen LogP contribution in [0.3, 0.4) is 0 Å². The van der Waals surface area contributed by atoms with Crippen LogP contribution in [0.1, 0.15) is 18.9 Å². The number of nitrogens with zero attached hydrogens (tertiary/aromatic N) is 1. The highest BCUT2D eigenvalue weighted by Crippen LogP contribution is 2.23. The van der Waals surface area contributed by atoms with E-state index in [2.05, 4.69) is 34.6 Å². The SMILES string of the molecule is CCCOc1ccc(-c2[nH]ncc2CNC)cc1. The monoisotopic (exact) mass is 245 g/mol. The molecule has 0 aliphatic rings. The third kappa shape index (κ3) is 2.90. The van der Waals surface area contributed by atoms with Gasteiger partial charge in [0.25, 0.3) is 0 Å². The van der Waals surface area contributed by atoms with Gasteiger partial charge in [0.1, 0.15) is 5.75 Å². The first-order chi connectivity index (χ1) is 8.85. The molecule has 0 atom stereocenters. The summed E-state index contributed by atoms with van der Waals surface area (Å²) in [6, 6.07) is 8.10. The second-order valence-electron chi connectivity index (χ2n) is 4.17. The number of H-pyrrole nitrogens is 1. The van der Waals surface area contributed by atoms with Gasteiger partial charge in [-0.2, -0.15) is 5.10 Å². The Morgan fingerprint density at radius 1 is 1.28 bits per heavy atom. The van der Waals surface area contributed by atoms with Crippen LogP contribution < -0.4 is 10.1 Å². The van der Waals surface area contributed by atoms with E-state index in [1.165, 1.54) is 5.56 Å². The van der Waals surface area contributed by atoms with Crippen LogP contribution in [0.25, 0.3) is 11.3 Å². The highest BCUT2D eigenvalue weighted by atomic mass is 16.5. The molecular formula is C14H19N3O. The topological polar surface area (TPSA) is 49.9 Å². The molecule has 0 fully saturated rings. The van der Waals surface area contributed by atoms with Gasteiger partial charge in [-0.3, -0.25) is 5.10 Å². The van der Waals surface area contributed by atoms with Gasteiger partial charge in [0.2, 0.25) is 0 Å². The lowest BCUT2D eigenvalue weighted by Gasteiger charge is -2.06. The lowest BCUT2D eigenvalue weighted by atomic mass is 10.1. The van der Waals surface area contributed by atoms with Gasteiger partial charge >= 0.3 is 0 Å². The van der Waals surface area contributed by atoms with Crippen molar-refractivity contribution in [1.29, 1.82) is 0 Å². The summed E-state index contributed by atoms with van der Waals surface area (Å²) < 4.78 is 5.57. The third-order valence-electron chi connectivity index (χ3n) is 2.70. The summed E-state index contributed by atoms with van der Waals surface area (Å²) in [6.45, 7) is 3.66. The molecule has 2 N–H and O–H groups in total. The van der Waals surface area contributed by atoms with Gasteiger partial charge in [0.05, 0.1) is 18.5 Å². The molecule has 18 heavy (non-hydrogen) atoms. The van der Waals surface area contributed by atoms with Crippen molar-refractivity contribution >= 4 is 0 Å². The average Bonchev–Trinajstić information content (AvgIpc) is 2.86. The molecular weight excluding hydrogens is 226 g/mol. The molecule has 4 nitrogen and oxygen atoms in total.